The molecule has 2 aromatic carbocycles. The molecule has 0 unspecified atom stereocenters. The number of rotatable bonds is 5. The van der Waals surface area contributed by atoms with E-state index in [9.17, 15) is 0 Å². The Kier molecular flexibility index (Phi) is 4.35. The largest absolute Gasteiger partial charge is 0.497 e. The SMILES string of the molecule is COc1ccc(N(C)Cc2ccc(OC)cc2N)cc1. The Morgan fingerprint density at radius 3 is 2.10 bits per heavy atom. The molecular weight excluding hydrogens is 252 g/mol. The minimum atomic E-state index is 0.738. The van der Waals surface area contributed by atoms with Gasteiger partial charge in [-0.05, 0) is 35.9 Å². The number of methoxy groups -OCH3 is 2. The molecule has 4 nitrogen and oxygen atoms in total. The fourth-order valence-corrected chi connectivity index (χ4v) is 2.03. The maximum Gasteiger partial charge on any atom is 0.120 e. The van der Waals surface area contributed by atoms with Gasteiger partial charge in [0.25, 0.3) is 0 Å². The molecule has 0 atom stereocenters. The van der Waals surface area contributed by atoms with E-state index in [0.29, 0.717) is 0 Å². The van der Waals surface area contributed by atoms with Gasteiger partial charge in [-0.25, -0.2) is 0 Å². The molecule has 4 heteroatoms. The number of hydrogen-bond acceptors (Lipinski definition) is 4. The third kappa shape index (κ3) is 3.15. The van der Waals surface area contributed by atoms with Gasteiger partial charge in [0, 0.05) is 31.0 Å². The molecule has 0 bridgehead atoms. The predicted octanol–water partition coefficient (Wildman–Crippen LogP) is 2.92. The van der Waals surface area contributed by atoms with Crippen molar-refractivity contribution < 1.29 is 9.47 Å². The van der Waals surface area contributed by atoms with E-state index in [0.717, 1.165) is 35.0 Å². The van der Waals surface area contributed by atoms with Gasteiger partial charge in [0.05, 0.1) is 14.2 Å². The summed E-state index contributed by atoms with van der Waals surface area (Å²) in [5, 5.41) is 0. The second kappa shape index (κ2) is 6.19. The zero-order valence-electron chi connectivity index (χ0n) is 12.1. The van der Waals surface area contributed by atoms with E-state index in [1.54, 1.807) is 14.2 Å². The van der Waals surface area contributed by atoms with Crippen molar-refractivity contribution in [2.24, 2.45) is 0 Å². The summed E-state index contributed by atoms with van der Waals surface area (Å²) in [7, 11) is 5.33. The van der Waals surface area contributed by atoms with E-state index in [-0.39, 0.29) is 0 Å². The highest BCUT2D eigenvalue weighted by Gasteiger charge is 2.06. The van der Waals surface area contributed by atoms with Crippen molar-refractivity contribution in [3.63, 3.8) is 0 Å². The first-order chi connectivity index (χ1) is 9.63. The van der Waals surface area contributed by atoms with Crippen LogP contribution in [-0.2, 0) is 6.54 Å². The minimum Gasteiger partial charge on any atom is -0.497 e. The van der Waals surface area contributed by atoms with Crippen LogP contribution in [0, 0.1) is 0 Å². The number of nitrogens with zero attached hydrogens (tertiary/aromatic N) is 1. The van der Waals surface area contributed by atoms with Crippen LogP contribution in [-0.4, -0.2) is 21.3 Å². The van der Waals surface area contributed by atoms with E-state index in [1.807, 2.05) is 49.5 Å². The Labute approximate surface area is 119 Å². The molecular formula is C16H20N2O2. The lowest BCUT2D eigenvalue weighted by Gasteiger charge is -2.21. The molecule has 0 aliphatic rings. The zero-order chi connectivity index (χ0) is 14.5. The number of hydrogen-bond donors (Lipinski definition) is 1. The van der Waals surface area contributed by atoms with Crippen molar-refractivity contribution in [3.05, 3.63) is 48.0 Å². The summed E-state index contributed by atoms with van der Waals surface area (Å²) in [5.41, 5.74) is 8.97. The van der Waals surface area contributed by atoms with Crippen molar-refractivity contribution in [1.82, 2.24) is 0 Å². The normalized spacial score (nSPS) is 10.2. The van der Waals surface area contributed by atoms with Crippen molar-refractivity contribution in [1.29, 1.82) is 0 Å². The van der Waals surface area contributed by atoms with Crippen LogP contribution in [0.2, 0.25) is 0 Å². The molecule has 0 fully saturated rings. The van der Waals surface area contributed by atoms with Crippen LogP contribution in [0.5, 0.6) is 11.5 Å². The first-order valence-corrected chi connectivity index (χ1v) is 6.41. The summed E-state index contributed by atoms with van der Waals surface area (Å²) in [5.74, 6) is 1.63. The zero-order valence-corrected chi connectivity index (χ0v) is 12.1. The van der Waals surface area contributed by atoms with Crippen LogP contribution in [0.1, 0.15) is 5.56 Å². The summed E-state index contributed by atoms with van der Waals surface area (Å²) >= 11 is 0. The molecule has 0 heterocycles. The second-order valence-electron chi connectivity index (χ2n) is 4.62. The van der Waals surface area contributed by atoms with E-state index < -0.39 is 0 Å². The molecule has 0 radical (unpaired) electrons. The van der Waals surface area contributed by atoms with Crippen LogP contribution in [0.15, 0.2) is 42.5 Å². The third-order valence-electron chi connectivity index (χ3n) is 3.27. The Balaban J connectivity index is 2.12. The molecule has 0 aromatic heterocycles. The van der Waals surface area contributed by atoms with E-state index in [1.165, 1.54) is 0 Å². The van der Waals surface area contributed by atoms with Crippen molar-refractivity contribution in [2.75, 3.05) is 31.9 Å². The summed E-state index contributed by atoms with van der Waals surface area (Å²) in [6.07, 6.45) is 0. The van der Waals surface area contributed by atoms with Crippen molar-refractivity contribution in [2.45, 2.75) is 6.54 Å². The highest BCUT2D eigenvalue weighted by Crippen LogP contribution is 2.24. The first kappa shape index (κ1) is 14.1. The predicted molar refractivity (Wildman–Crippen MR) is 82.5 cm³/mol. The van der Waals surface area contributed by atoms with Crippen LogP contribution in [0.25, 0.3) is 0 Å². The van der Waals surface area contributed by atoms with E-state index in [4.69, 9.17) is 15.2 Å². The number of ether oxygens (including phenoxy) is 2. The van der Waals surface area contributed by atoms with Crippen LogP contribution in [0.4, 0.5) is 11.4 Å². The van der Waals surface area contributed by atoms with E-state index in [2.05, 4.69) is 4.90 Å². The molecule has 0 saturated heterocycles. The van der Waals surface area contributed by atoms with E-state index >= 15 is 0 Å². The number of benzene rings is 2. The molecule has 0 amide bonds. The summed E-state index contributed by atoms with van der Waals surface area (Å²) in [6, 6.07) is 13.7. The summed E-state index contributed by atoms with van der Waals surface area (Å²) in [6.45, 7) is 0.738. The minimum absolute atomic E-state index is 0.738. The Morgan fingerprint density at radius 1 is 0.950 bits per heavy atom. The van der Waals surface area contributed by atoms with Crippen LogP contribution < -0.4 is 20.1 Å². The lowest BCUT2D eigenvalue weighted by molar-refractivity contribution is 0.414. The lowest BCUT2D eigenvalue weighted by Crippen LogP contribution is -2.17. The second-order valence-corrected chi connectivity index (χ2v) is 4.62. The van der Waals surface area contributed by atoms with Gasteiger partial charge in [0.2, 0.25) is 0 Å². The molecule has 2 rings (SSSR count). The highest BCUT2D eigenvalue weighted by molar-refractivity contribution is 5.55. The third-order valence-corrected chi connectivity index (χ3v) is 3.27. The maximum absolute atomic E-state index is 6.04. The van der Waals surface area contributed by atoms with Gasteiger partial charge in [-0.15, -0.1) is 0 Å². The fourth-order valence-electron chi connectivity index (χ4n) is 2.03. The van der Waals surface area contributed by atoms with Crippen LogP contribution >= 0.6 is 0 Å². The van der Waals surface area contributed by atoms with Gasteiger partial charge in [0.1, 0.15) is 11.5 Å². The molecule has 0 spiro atoms. The average molecular weight is 272 g/mol. The Bertz CT molecular complexity index is 567. The van der Waals surface area contributed by atoms with Gasteiger partial charge in [0.15, 0.2) is 0 Å². The molecule has 0 aliphatic heterocycles. The molecule has 2 aromatic rings. The quantitative estimate of drug-likeness (QED) is 0.850. The fraction of sp³-hybridized carbons (Fsp3) is 0.250. The Morgan fingerprint density at radius 2 is 1.55 bits per heavy atom. The van der Waals surface area contributed by atoms with Gasteiger partial charge in [-0.1, -0.05) is 6.07 Å². The van der Waals surface area contributed by atoms with Crippen molar-refractivity contribution >= 4 is 11.4 Å². The molecule has 2 N–H and O–H groups in total. The smallest absolute Gasteiger partial charge is 0.120 e. The van der Waals surface area contributed by atoms with Crippen molar-refractivity contribution in [3.8, 4) is 11.5 Å². The Hall–Kier alpha value is -2.36. The average Bonchev–Trinajstić information content (AvgIpc) is 2.49. The molecule has 106 valence electrons. The van der Waals surface area contributed by atoms with Gasteiger partial charge in [-0.3, -0.25) is 0 Å². The lowest BCUT2D eigenvalue weighted by atomic mass is 10.1. The summed E-state index contributed by atoms with van der Waals surface area (Å²) in [4.78, 5) is 2.14. The maximum atomic E-state index is 6.04. The number of nitrogen functional groups attached to an aromatic ring is 1. The number of anilines is 2. The first-order valence-electron chi connectivity index (χ1n) is 6.41. The topological polar surface area (TPSA) is 47.7 Å². The van der Waals surface area contributed by atoms with Gasteiger partial charge < -0.3 is 20.1 Å². The van der Waals surface area contributed by atoms with Gasteiger partial charge in [-0.2, -0.15) is 0 Å². The molecule has 0 aliphatic carbocycles. The highest BCUT2D eigenvalue weighted by atomic mass is 16.5. The molecule has 20 heavy (non-hydrogen) atoms. The standard InChI is InChI=1S/C16H20N2O2/c1-18(13-5-8-14(19-2)9-6-13)11-12-4-7-15(20-3)10-16(12)17/h4-10H,11,17H2,1-3H3. The molecule has 0 saturated carbocycles. The van der Waals surface area contributed by atoms with Crippen LogP contribution in [0.3, 0.4) is 0 Å². The monoisotopic (exact) mass is 272 g/mol. The van der Waals surface area contributed by atoms with Gasteiger partial charge >= 0.3 is 0 Å². The summed E-state index contributed by atoms with van der Waals surface area (Å²) < 4.78 is 10.3. The number of nitrogens with two attached hydrogens (primary N) is 1.